The molecule has 1 aromatic heterocycles. The van der Waals surface area contributed by atoms with Crippen LogP contribution in [0.25, 0.3) is 0 Å². The molecule has 0 unspecified atom stereocenters. The van der Waals surface area contributed by atoms with Crippen LogP contribution < -0.4 is 5.32 Å². The van der Waals surface area contributed by atoms with Gasteiger partial charge in [-0.1, -0.05) is 6.07 Å². The number of rotatable bonds is 3. The maximum Gasteiger partial charge on any atom is 0.152 e. The van der Waals surface area contributed by atoms with Crippen molar-refractivity contribution in [1.82, 2.24) is 0 Å². The number of aryl methyl sites for hydroxylation is 3. The van der Waals surface area contributed by atoms with Crippen molar-refractivity contribution in [2.24, 2.45) is 0 Å². The molecule has 18 heavy (non-hydrogen) atoms. The van der Waals surface area contributed by atoms with Crippen LogP contribution in [0.4, 0.5) is 14.5 Å². The molecule has 0 aliphatic carbocycles. The SMILES string of the molecule is Cc1cc(CNc2c(F)ccc(C)c2F)c(C)s1. The van der Waals surface area contributed by atoms with Crippen LogP contribution >= 0.6 is 11.3 Å². The number of nitrogens with one attached hydrogen (secondary N) is 1. The van der Waals surface area contributed by atoms with Gasteiger partial charge in [0.2, 0.25) is 0 Å². The molecule has 2 rings (SSSR count). The van der Waals surface area contributed by atoms with Crippen molar-refractivity contribution in [2.45, 2.75) is 27.3 Å². The largest absolute Gasteiger partial charge is 0.376 e. The molecule has 0 amide bonds. The zero-order chi connectivity index (χ0) is 13.3. The van der Waals surface area contributed by atoms with Crippen LogP contribution in [0.2, 0.25) is 0 Å². The number of anilines is 1. The lowest BCUT2D eigenvalue weighted by atomic mass is 10.2. The Morgan fingerprint density at radius 2 is 1.89 bits per heavy atom. The molecule has 0 aliphatic heterocycles. The van der Waals surface area contributed by atoms with Gasteiger partial charge < -0.3 is 5.32 Å². The Labute approximate surface area is 109 Å². The summed E-state index contributed by atoms with van der Waals surface area (Å²) in [5, 5.41) is 2.85. The Morgan fingerprint density at radius 3 is 2.50 bits per heavy atom. The van der Waals surface area contributed by atoms with Crippen LogP contribution in [0.15, 0.2) is 18.2 Å². The number of benzene rings is 1. The van der Waals surface area contributed by atoms with Gasteiger partial charge >= 0.3 is 0 Å². The van der Waals surface area contributed by atoms with E-state index in [-0.39, 0.29) is 5.69 Å². The molecule has 1 nitrogen and oxygen atoms in total. The van der Waals surface area contributed by atoms with Gasteiger partial charge in [0.25, 0.3) is 0 Å². The molecule has 0 spiro atoms. The Morgan fingerprint density at radius 1 is 1.17 bits per heavy atom. The van der Waals surface area contributed by atoms with Gasteiger partial charge in [0, 0.05) is 16.3 Å². The molecule has 0 bridgehead atoms. The first-order valence-electron chi connectivity index (χ1n) is 5.73. The second kappa shape index (κ2) is 5.06. The minimum atomic E-state index is -0.553. The highest BCUT2D eigenvalue weighted by Gasteiger charge is 2.11. The number of hydrogen-bond acceptors (Lipinski definition) is 2. The predicted molar refractivity (Wildman–Crippen MR) is 72.2 cm³/mol. The molecule has 0 saturated carbocycles. The summed E-state index contributed by atoms with van der Waals surface area (Å²) in [7, 11) is 0. The van der Waals surface area contributed by atoms with E-state index in [1.165, 1.54) is 21.9 Å². The van der Waals surface area contributed by atoms with Crippen molar-refractivity contribution in [2.75, 3.05) is 5.32 Å². The average molecular weight is 267 g/mol. The summed E-state index contributed by atoms with van der Waals surface area (Å²) < 4.78 is 27.3. The standard InChI is InChI=1S/C14H15F2NS/c1-8-4-5-12(15)14(13(8)16)17-7-11-6-9(2)18-10(11)3/h4-6,17H,7H2,1-3H3. The van der Waals surface area contributed by atoms with E-state index < -0.39 is 11.6 Å². The molecule has 0 fully saturated rings. The van der Waals surface area contributed by atoms with E-state index in [4.69, 9.17) is 0 Å². The number of thiophene rings is 1. The van der Waals surface area contributed by atoms with Crippen LogP contribution in [0.1, 0.15) is 20.9 Å². The van der Waals surface area contributed by atoms with Crippen molar-refractivity contribution in [3.05, 3.63) is 50.7 Å². The first-order valence-corrected chi connectivity index (χ1v) is 6.55. The normalized spacial score (nSPS) is 10.7. The zero-order valence-corrected chi connectivity index (χ0v) is 11.4. The molecule has 0 atom stereocenters. The highest BCUT2D eigenvalue weighted by molar-refractivity contribution is 7.12. The van der Waals surface area contributed by atoms with Gasteiger partial charge in [-0.15, -0.1) is 11.3 Å². The van der Waals surface area contributed by atoms with Crippen molar-refractivity contribution in [1.29, 1.82) is 0 Å². The molecule has 1 heterocycles. The molecular formula is C14H15F2NS. The van der Waals surface area contributed by atoms with Crippen molar-refractivity contribution >= 4 is 17.0 Å². The van der Waals surface area contributed by atoms with E-state index in [0.29, 0.717) is 12.1 Å². The fraction of sp³-hybridized carbons (Fsp3) is 0.286. The van der Waals surface area contributed by atoms with E-state index in [1.807, 2.05) is 19.9 Å². The van der Waals surface area contributed by atoms with Crippen molar-refractivity contribution < 1.29 is 8.78 Å². The van der Waals surface area contributed by atoms with E-state index in [9.17, 15) is 8.78 Å². The Kier molecular flexibility index (Phi) is 3.66. The van der Waals surface area contributed by atoms with Crippen LogP contribution in [-0.2, 0) is 6.54 Å². The second-order valence-corrected chi connectivity index (χ2v) is 5.81. The van der Waals surface area contributed by atoms with Gasteiger partial charge in [-0.3, -0.25) is 0 Å². The average Bonchev–Trinajstić information content (AvgIpc) is 2.63. The smallest absolute Gasteiger partial charge is 0.152 e. The molecule has 4 heteroatoms. The number of halogens is 2. The molecule has 0 aliphatic rings. The molecule has 96 valence electrons. The quantitative estimate of drug-likeness (QED) is 0.859. The summed E-state index contributed by atoms with van der Waals surface area (Å²) in [5.74, 6) is -1.07. The Balaban J connectivity index is 2.20. The summed E-state index contributed by atoms with van der Waals surface area (Å²) in [6, 6.07) is 4.76. The molecule has 1 N–H and O–H groups in total. The minimum absolute atomic E-state index is 0.0433. The van der Waals surface area contributed by atoms with Gasteiger partial charge in [-0.2, -0.15) is 0 Å². The van der Waals surface area contributed by atoms with Crippen LogP contribution in [0, 0.1) is 32.4 Å². The van der Waals surface area contributed by atoms with Crippen LogP contribution in [0.3, 0.4) is 0 Å². The van der Waals surface area contributed by atoms with E-state index in [0.717, 1.165) is 5.56 Å². The summed E-state index contributed by atoms with van der Waals surface area (Å²) >= 11 is 1.69. The summed E-state index contributed by atoms with van der Waals surface area (Å²) in [5.41, 5.74) is 1.48. The Hall–Kier alpha value is -1.42. The lowest BCUT2D eigenvalue weighted by Gasteiger charge is -2.10. The maximum absolute atomic E-state index is 13.8. The first kappa shape index (κ1) is 13.0. The molecule has 1 aromatic carbocycles. The second-order valence-electron chi connectivity index (χ2n) is 4.35. The zero-order valence-electron chi connectivity index (χ0n) is 10.6. The predicted octanol–water partition coefficient (Wildman–Crippen LogP) is 4.56. The van der Waals surface area contributed by atoms with E-state index in [1.54, 1.807) is 18.3 Å². The molecule has 0 saturated heterocycles. The monoisotopic (exact) mass is 267 g/mol. The maximum atomic E-state index is 13.8. The lowest BCUT2D eigenvalue weighted by molar-refractivity contribution is 0.582. The molecular weight excluding hydrogens is 252 g/mol. The summed E-state index contributed by atoms with van der Waals surface area (Å²) in [6.07, 6.45) is 0. The third kappa shape index (κ3) is 2.53. The highest BCUT2D eigenvalue weighted by atomic mass is 32.1. The fourth-order valence-electron chi connectivity index (χ4n) is 1.86. The topological polar surface area (TPSA) is 12.0 Å². The van der Waals surface area contributed by atoms with Crippen molar-refractivity contribution in [3.8, 4) is 0 Å². The first-order chi connectivity index (χ1) is 8.49. The van der Waals surface area contributed by atoms with Gasteiger partial charge in [-0.25, -0.2) is 8.78 Å². The van der Waals surface area contributed by atoms with E-state index >= 15 is 0 Å². The minimum Gasteiger partial charge on any atom is -0.376 e. The van der Waals surface area contributed by atoms with Crippen molar-refractivity contribution in [3.63, 3.8) is 0 Å². The van der Waals surface area contributed by atoms with Gasteiger partial charge in [0.15, 0.2) is 5.82 Å². The fourth-order valence-corrected chi connectivity index (χ4v) is 2.81. The van der Waals surface area contributed by atoms with Crippen LogP contribution in [-0.4, -0.2) is 0 Å². The van der Waals surface area contributed by atoms with Gasteiger partial charge in [0.05, 0.1) is 0 Å². The third-order valence-electron chi connectivity index (χ3n) is 2.88. The van der Waals surface area contributed by atoms with Gasteiger partial charge in [0.1, 0.15) is 11.5 Å². The van der Waals surface area contributed by atoms with Gasteiger partial charge in [-0.05, 0) is 44.0 Å². The summed E-state index contributed by atoms with van der Waals surface area (Å²) in [6.45, 7) is 6.10. The Bertz CT molecular complexity index is 575. The highest BCUT2D eigenvalue weighted by Crippen LogP contribution is 2.25. The molecule has 2 aromatic rings. The number of hydrogen-bond donors (Lipinski definition) is 1. The van der Waals surface area contributed by atoms with E-state index in [2.05, 4.69) is 5.32 Å². The third-order valence-corrected chi connectivity index (χ3v) is 3.89. The lowest BCUT2D eigenvalue weighted by Crippen LogP contribution is -2.05. The van der Waals surface area contributed by atoms with Crippen LogP contribution in [0.5, 0.6) is 0 Å². The summed E-state index contributed by atoms with van der Waals surface area (Å²) in [4.78, 5) is 2.38. The molecule has 0 radical (unpaired) electrons.